The Morgan fingerprint density at radius 2 is 2.58 bits per heavy atom. The smallest absolute Gasteiger partial charge is 0.335 e. The molecule has 4 nitrogen and oxygen atoms in total. The van der Waals surface area contributed by atoms with Crippen LogP contribution in [0.2, 0.25) is 0 Å². The van der Waals surface area contributed by atoms with Gasteiger partial charge < -0.3 is 9.84 Å². The second kappa shape index (κ2) is 3.69. The summed E-state index contributed by atoms with van der Waals surface area (Å²) >= 11 is 0. The van der Waals surface area contributed by atoms with E-state index in [2.05, 4.69) is 4.74 Å². The molecule has 1 heterocycles. The van der Waals surface area contributed by atoms with Gasteiger partial charge in [0.2, 0.25) is 0 Å². The lowest BCUT2D eigenvalue weighted by molar-refractivity contribution is -0.136. The Labute approximate surface area is 71.4 Å². The molecule has 0 bridgehead atoms. The first-order valence-electron chi connectivity index (χ1n) is 3.80. The fourth-order valence-corrected chi connectivity index (χ4v) is 1.32. The number of hydrogen-bond donors (Lipinski definition) is 1. The average Bonchev–Trinajstić information content (AvgIpc) is 2.45. The molecule has 0 saturated heterocycles. The molecule has 1 N–H and O–H groups in total. The zero-order chi connectivity index (χ0) is 9.14. The number of likely N-dealkylation sites (N-methyl/N-ethyl adjacent to an activating group) is 1. The van der Waals surface area contributed by atoms with E-state index in [0.717, 1.165) is 0 Å². The number of hydrogen-bond acceptors (Lipinski definition) is 4. The minimum atomic E-state index is -0.349. The van der Waals surface area contributed by atoms with E-state index in [0.29, 0.717) is 12.1 Å². The predicted molar refractivity (Wildman–Crippen MR) is 43.6 cm³/mol. The molecule has 0 spiro atoms. The summed E-state index contributed by atoms with van der Waals surface area (Å²) in [5.41, 5.74) is 0.558. The van der Waals surface area contributed by atoms with Gasteiger partial charge in [-0.1, -0.05) is 6.08 Å². The molecule has 0 radical (unpaired) electrons. The SMILES string of the molecule is COC(=O)C1=CCN(C)[C@H]1CO. The number of aliphatic hydroxyl groups excluding tert-OH is 1. The quantitative estimate of drug-likeness (QED) is 0.563. The molecule has 1 aliphatic rings. The highest BCUT2D eigenvalue weighted by Crippen LogP contribution is 2.16. The molecule has 1 atom stereocenters. The van der Waals surface area contributed by atoms with Gasteiger partial charge in [-0.3, -0.25) is 4.90 Å². The summed E-state index contributed by atoms with van der Waals surface area (Å²) in [5.74, 6) is -0.349. The molecule has 0 aliphatic carbocycles. The van der Waals surface area contributed by atoms with Crippen molar-refractivity contribution >= 4 is 5.97 Å². The minimum absolute atomic E-state index is 0.0442. The zero-order valence-corrected chi connectivity index (χ0v) is 7.28. The fourth-order valence-electron chi connectivity index (χ4n) is 1.32. The Kier molecular flexibility index (Phi) is 2.83. The number of aliphatic hydroxyl groups is 1. The van der Waals surface area contributed by atoms with Gasteiger partial charge in [0.25, 0.3) is 0 Å². The topological polar surface area (TPSA) is 49.8 Å². The molecule has 0 unspecified atom stereocenters. The summed E-state index contributed by atoms with van der Waals surface area (Å²) < 4.78 is 4.57. The highest BCUT2D eigenvalue weighted by molar-refractivity contribution is 5.90. The minimum Gasteiger partial charge on any atom is -0.466 e. The zero-order valence-electron chi connectivity index (χ0n) is 7.28. The van der Waals surface area contributed by atoms with Crippen molar-refractivity contribution in [2.45, 2.75) is 6.04 Å². The maximum atomic E-state index is 11.1. The summed E-state index contributed by atoms with van der Waals surface area (Å²) in [6.07, 6.45) is 1.78. The van der Waals surface area contributed by atoms with Crippen LogP contribution in [0.5, 0.6) is 0 Å². The van der Waals surface area contributed by atoms with E-state index in [4.69, 9.17) is 5.11 Å². The van der Waals surface area contributed by atoms with Crippen LogP contribution in [0.1, 0.15) is 0 Å². The molecular formula is C8H13NO3. The Bertz CT molecular complexity index is 212. The van der Waals surface area contributed by atoms with Gasteiger partial charge in [-0.2, -0.15) is 0 Å². The molecule has 4 heteroatoms. The Morgan fingerprint density at radius 3 is 3.08 bits per heavy atom. The number of esters is 1. The molecule has 68 valence electrons. The highest BCUT2D eigenvalue weighted by Gasteiger charge is 2.28. The third-order valence-electron chi connectivity index (χ3n) is 2.08. The first-order chi connectivity index (χ1) is 5.70. The molecule has 1 rings (SSSR count). The number of ether oxygens (including phenoxy) is 1. The van der Waals surface area contributed by atoms with Crippen molar-refractivity contribution in [2.24, 2.45) is 0 Å². The van der Waals surface area contributed by atoms with Crippen LogP contribution in [0.15, 0.2) is 11.6 Å². The van der Waals surface area contributed by atoms with Gasteiger partial charge in [0.05, 0.1) is 25.3 Å². The van der Waals surface area contributed by atoms with E-state index in [1.54, 1.807) is 6.08 Å². The molecule has 0 aromatic rings. The first kappa shape index (κ1) is 9.22. The highest BCUT2D eigenvalue weighted by atomic mass is 16.5. The Hall–Kier alpha value is -0.870. The van der Waals surface area contributed by atoms with Crippen LogP contribution in [0, 0.1) is 0 Å². The second-order valence-electron chi connectivity index (χ2n) is 2.79. The monoisotopic (exact) mass is 171 g/mol. The van der Waals surface area contributed by atoms with Crippen LogP contribution in [0.3, 0.4) is 0 Å². The summed E-state index contributed by atoms with van der Waals surface area (Å²) in [6, 6.07) is -0.197. The van der Waals surface area contributed by atoms with Crippen LogP contribution < -0.4 is 0 Å². The third-order valence-corrected chi connectivity index (χ3v) is 2.08. The van der Waals surface area contributed by atoms with E-state index < -0.39 is 0 Å². The summed E-state index contributed by atoms with van der Waals surface area (Å²) in [5, 5.41) is 8.96. The fraction of sp³-hybridized carbons (Fsp3) is 0.625. The van der Waals surface area contributed by atoms with Crippen molar-refractivity contribution in [1.29, 1.82) is 0 Å². The predicted octanol–water partition coefficient (Wildman–Crippen LogP) is -0.608. The molecular weight excluding hydrogens is 158 g/mol. The summed E-state index contributed by atoms with van der Waals surface area (Å²) in [4.78, 5) is 13.0. The molecule has 0 amide bonds. The standard InChI is InChI=1S/C8H13NO3/c1-9-4-3-6(7(9)5-10)8(11)12-2/h3,7,10H,4-5H2,1-2H3/t7-/m0/s1. The Morgan fingerprint density at radius 1 is 1.92 bits per heavy atom. The van der Waals surface area contributed by atoms with Crippen LogP contribution in [-0.4, -0.2) is 49.3 Å². The van der Waals surface area contributed by atoms with Crippen LogP contribution in [0.25, 0.3) is 0 Å². The van der Waals surface area contributed by atoms with Crippen molar-refractivity contribution in [2.75, 3.05) is 27.3 Å². The summed E-state index contributed by atoms with van der Waals surface area (Å²) in [7, 11) is 3.20. The molecule has 0 saturated carbocycles. The van der Waals surface area contributed by atoms with E-state index >= 15 is 0 Å². The largest absolute Gasteiger partial charge is 0.466 e. The van der Waals surface area contributed by atoms with Crippen molar-refractivity contribution in [3.63, 3.8) is 0 Å². The van der Waals surface area contributed by atoms with E-state index in [1.165, 1.54) is 7.11 Å². The van der Waals surface area contributed by atoms with Gasteiger partial charge in [-0.25, -0.2) is 4.79 Å². The maximum Gasteiger partial charge on any atom is 0.335 e. The summed E-state index contributed by atoms with van der Waals surface area (Å²) in [6.45, 7) is 0.646. The lowest BCUT2D eigenvalue weighted by atomic mass is 10.1. The van der Waals surface area contributed by atoms with Crippen molar-refractivity contribution < 1.29 is 14.6 Å². The Balaban J connectivity index is 2.71. The van der Waals surface area contributed by atoms with Gasteiger partial charge in [-0.15, -0.1) is 0 Å². The van der Waals surface area contributed by atoms with E-state index in [1.807, 2.05) is 11.9 Å². The van der Waals surface area contributed by atoms with Crippen LogP contribution in [-0.2, 0) is 9.53 Å². The second-order valence-corrected chi connectivity index (χ2v) is 2.79. The molecule has 1 aliphatic heterocycles. The number of rotatable bonds is 2. The molecule has 0 aromatic carbocycles. The van der Waals surface area contributed by atoms with Crippen LogP contribution >= 0.6 is 0 Å². The first-order valence-corrected chi connectivity index (χ1v) is 3.80. The average molecular weight is 171 g/mol. The van der Waals surface area contributed by atoms with Crippen molar-refractivity contribution in [3.05, 3.63) is 11.6 Å². The van der Waals surface area contributed by atoms with Crippen molar-refractivity contribution in [3.8, 4) is 0 Å². The molecule has 0 aromatic heterocycles. The number of carbonyl (C=O) groups is 1. The third kappa shape index (κ3) is 1.49. The number of carbonyl (C=O) groups excluding carboxylic acids is 1. The van der Waals surface area contributed by atoms with Gasteiger partial charge in [0, 0.05) is 6.54 Å². The maximum absolute atomic E-state index is 11.1. The van der Waals surface area contributed by atoms with Crippen molar-refractivity contribution in [1.82, 2.24) is 4.90 Å². The number of methoxy groups -OCH3 is 1. The van der Waals surface area contributed by atoms with Crippen LogP contribution in [0.4, 0.5) is 0 Å². The number of nitrogens with zero attached hydrogens (tertiary/aromatic N) is 1. The van der Waals surface area contributed by atoms with E-state index in [-0.39, 0.29) is 18.6 Å². The van der Waals surface area contributed by atoms with Gasteiger partial charge in [-0.05, 0) is 7.05 Å². The van der Waals surface area contributed by atoms with Gasteiger partial charge >= 0.3 is 5.97 Å². The van der Waals surface area contributed by atoms with E-state index in [9.17, 15) is 4.79 Å². The molecule has 12 heavy (non-hydrogen) atoms. The normalized spacial score (nSPS) is 23.9. The van der Waals surface area contributed by atoms with Gasteiger partial charge in [0.1, 0.15) is 0 Å². The molecule has 0 fully saturated rings. The lowest BCUT2D eigenvalue weighted by Gasteiger charge is -2.19. The van der Waals surface area contributed by atoms with Gasteiger partial charge in [0.15, 0.2) is 0 Å². The lowest BCUT2D eigenvalue weighted by Crippen LogP contribution is -2.33.